The van der Waals surface area contributed by atoms with Gasteiger partial charge in [-0.05, 0) is 36.8 Å². The lowest BCUT2D eigenvalue weighted by Gasteiger charge is -2.12. The summed E-state index contributed by atoms with van der Waals surface area (Å²) < 4.78 is 5.86. The van der Waals surface area contributed by atoms with E-state index in [9.17, 15) is 14.4 Å². The molecule has 0 aliphatic carbocycles. The van der Waals surface area contributed by atoms with Gasteiger partial charge in [-0.2, -0.15) is 0 Å². The molecule has 8 heteroatoms. The zero-order chi connectivity index (χ0) is 19.6. The highest BCUT2D eigenvalue weighted by Crippen LogP contribution is 2.41. The summed E-state index contributed by atoms with van der Waals surface area (Å²) in [6, 6.07) is 7.56. The quantitative estimate of drug-likeness (QED) is 0.722. The molecule has 2 amide bonds. The van der Waals surface area contributed by atoms with Gasteiger partial charge in [0.2, 0.25) is 11.8 Å². The number of ether oxygens (including phenoxy) is 1. The van der Waals surface area contributed by atoms with E-state index in [1.54, 1.807) is 6.92 Å². The molecule has 1 aliphatic rings. The number of carbonyl (C=O) groups excluding carboxylic acids is 3. The number of rotatable bonds is 6. The van der Waals surface area contributed by atoms with Crippen LogP contribution in [0.4, 0.5) is 0 Å². The van der Waals surface area contributed by atoms with Gasteiger partial charge in [0.1, 0.15) is 11.9 Å². The minimum Gasteiger partial charge on any atom is -0.486 e. The Morgan fingerprint density at radius 3 is 2.67 bits per heavy atom. The standard InChI is InChI=1S/C19H19ClN2O4S/c1-10(23)16-3-4-17(27-16)12-5-13-6-14(26-19(13)15(20)7-12)8-22-18(25)9-21-11(2)24/h3-5,7,14H,6,8-9H2,1-2H3,(H,21,24)(H,22,25). The van der Waals surface area contributed by atoms with Crippen molar-refractivity contribution >= 4 is 40.5 Å². The van der Waals surface area contributed by atoms with E-state index < -0.39 is 0 Å². The van der Waals surface area contributed by atoms with Gasteiger partial charge in [-0.25, -0.2) is 0 Å². The molecule has 0 saturated heterocycles. The molecule has 1 aromatic heterocycles. The molecule has 2 heterocycles. The first-order valence-electron chi connectivity index (χ1n) is 8.45. The Kier molecular flexibility index (Phi) is 5.82. The molecule has 2 aromatic rings. The molecule has 1 aromatic carbocycles. The van der Waals surface area contributed by atoms with Crippen LogP contribution in [0.5, 0.6) is 5.75 Å². The highest BCUT2D eigenvalue weighted by atomic mass is 35.5. The molecule has 27 heavy (non-hydrogen) atoms. The number of ketones is 1. The van der Waals surface area contributed by atoms with Gasteiger partial charge in [-0.15, -0.1) is 11.3 Å². The third-order valence-corrected chi connectivity index (χ3v) is 5.63. The molecule has 1 unspecified atom stereocenters. The zero-order valence-corrected chi connectivity index (χ0v) is 16.5. The third-order valence-electron chi connectivity index (χ3n) is 4.11. The van der Waals surface area contributed by atoms with Crippen molar-refractivity contribution in [3.63, 3.8) is 0 Å². The fraction of sp³-hybridized carbons (Fsp3) is 0.316. The number of Topliss-reactive ketones (excluding diaryl/α,β-unsaturated/α-hetero) is 1. The molecule has 2 N–H and O–H groups in total. The summed E-state index contributed by atoms with van der Waals surface area (Å²) in [5.41, 5.74) is 1.91. The largest absolute Gasteiger partial charge is 0.486 e. The molecule has 0 saturated carbocycles. The minimum absolute atomic E-state index is 0.0388. The van der Waals surface area contributed by atoms with Crippen LogP contribution in [-0.4, -0.2) is 36.8 Å². The monoisotopic (exact) mass is 406 g/mol. The van der Waals surface area contributed by atoms with Crippen molar-refractivity contribution in [2.75, 3.05) is 13.1 Å². The first-order valence-corrected chi connectivity index (χ1v) is 9.64. The van der Waals surface area contributed by atoms with Crippen LogP contribution in [0.15, 0.2) is 24.3 Å². The van der Waals surface area contributed by atoms with Crippen molar-refractivity contribution in [3.05, 3.63) is 39.7 Å². The molecular formula is C19H19ClN2O4S. The van der Waals surface area contributed by atoms with Crippen LogP contribution in [-0.2, 0) is 16.0 Å². The van der Waals surface area contributed by atoms with Crippen molar-refractivity contribution in [1.82, 2.24) is 10.6 Å². The second-order valence-corrected chi connectivity index (χ2v) is 7.82. The first-order chi connectivity index (χ1) is 12.8. The molecule has 0 fully saturated rings. The molecule has 0 spiro atoms. The van der Waals surface area contributed by atoms with Gasteiger partial charge >= 0.3 is 0 Å². The number of halogens is 1. The summed E-state index contributed by atoms with van der Waals surface area (Å²) in [5.74, 6) is 0.143. The predicted molar refractivity (Wildman–Crippen MR) is 105 cm³/mol. The van der Waals surface area contributed by atoms with E-state index >= 15 is 0 Å². The summed E-state index contributed by atoms with van der Waals surface area (Å²) in [6.45, 7) is 3.17. The lowest BCUT2D eigenvalue weighted by atomic mass is 10.1. The smallest absolute Gasteiger partial charge is 0.239 e. The number of benzene rings is 1. The Bertz CT molecular complexity index is 909. The number of nitrogens with one attached hydrogen (secondary N) is 2. The Balaban J connectivity index is 1.66. The number of hydrogen-bond donors (Lipinski definition) is 2. The normalized spacial score (nSPS) is 15.0. The van der Waals surface area contributed by atoms with E-state index in [2.05, 4.69) is 10.6 Å². The number of carbonyl (C=O) groups is 3. The maximum absolute atomic E-state index is 11.7. The number of hydrogen-bond acceptors (Lipinski definition) is 5. The van der Waals surface area contributed by atoms with Crippen LogP contribution in [0.1, 0.15) is 29.1 Å². The van der Waals surface area contributed by atoms with Gasteiger partial charge in [0.15, 0.2) is 5.78 Å². The van der Waals surface area contributed by atoms with Crippen molar-refractivity contribution in [2.45, 2.75) is 26.4 Å². The second-order valence-electron chi connectivity index (χ2n) is 6.32. The summed E-state index contributed by atoms with van der Waals surface area (Å²) in [4.78, 5) is 35.7. The van der Waals surface area contributed by atoms with Gasteiger partial charge < -0.3 is 15.4 Å². The van der Waals surface area contributed by atoms with Crippen molar-refractivity contribution in [3.8, 4) is 16.2 Å². The van der Waals surface area contributed by atoms with Gasteiger partial charge in [0.25, 0.3) is 0 Å². The van der Waals surface area contributed by atoms with Crippen LogP contribution >= 0.6 is 22.9 Å². The Morgan fingerprint density at radius 1 is 1.22 bits per heavy atom. The van der Waals surface area contributed by atoms with Gasteiger partial charge in [0, 0.05) is 23.8 Å². The third kappa shape index (κ3) is 4.67. The Morgan fingerprint density at radius 2 is 2.00 bits per heavy atom. The Labute approximate surface area is 165 Å². The SMILES string of the molecule is CC(=O)NCC(=O)NCC1Cc2cc(-c3ccc(C(C)=O)s3)cc(Cl)c2O1. The first kappa shape index (κ1) is 19.4. The molecule has 1 aliphatic heterocycles. The summed E-state index contributed by atoms with van der Waals surface area (Å²) in [5, 5.41) is 5.69. The fourth-order valence-corrected chi connectivity index (χ4v) is 3.99. The molecular weight excluding hydrogens is 388 g/mol. The maximum Gasteiger partial charge on any atom is 0.239 e. The van der Waals surface area contributed by atoms with E-state index in [0.29, 0.717) is 28.6 Å². The van der Waals surface area contributed by atoms with E-state index in [1.807, 2.05) is 24.3 Å². The molecule has 142 valence electrons. The summed E-state index contributed by atoms with van der Waals surface area (Å²) >= 11 is 7.81. The number of fused-ring (bicyclic) bond motifs is 1. The molecule has 3 rings (SSSR count). The summed E-state index contributed by atoms with van der Waals surface area (Å²) in [6.07, 6.45) is 0.402. The average Bonchev–Trinajstić information content (AvgIpc) is 3.25. The van der Waals surface area contributed by atoms with Gasteiger partial charge in [0.05, 0.1) is 23.0 Å². The molecule has 1 atom stereocenters. The van der Waals surface area contributed by atoms with Gasteiger partial charge in [-0.3, -0.25) is 14.4 Å². The minimum atomic E-state index is -0.271. The Hall–Kier alpha value is -2.38. The van der Waals surface area contributed by atoms with Crippen molar-refractivity contribution < 1.29 is 19.1 Å². The van der Waals surface area contributed by atoms with Crippen LogP contribution in [0.3, 0.4) is 0 Å². The molecule has 0 radical (unpaired) electrons. The van der Waals surface area contributed by atoms with Crippen molar-refractivity contribution in [1.29, 1.82) is 0 Å². The highest BCUT2D eigenvalue weighted by Gasteiger charge is 2.26. The predicted octanol–water partition coefficient (Wildman–Crippen LogP) is 2.83. The second kappa shape index (κ2) is 8.10. The van der Waals surface area contributed by atoms with Crippen molar-refractivity contribution in [2.24, 2.45) is 0 Å². The average molecular weight is 407 g/mol. The lowest BCUT2D eigenvalue weighted by molar-refractivity contribution is -0.125. The van der Waals surface area contributed by atoms with E-state index in [0.717, 1.165) is 16.0 Å². The highest BCUT2D eigenvalue weighted by molar-refractivity contribution is 7.17. The maximum atomic E-state index is 11.7. The summed E-state index contributed by atoms with van der Waals surface area (Å²) in [7, 11) is 0. The van der Waals surface area contributed by atoms with Gasteiger partial charge in [-0.1, -0.05) is 11.6 Å². The van der Waals surface area contributed by atoms with Crippen LogP contribution in [0.2, 0.25) is 5.02 Å². The fourth-order valence-electron chi connectivity index (χ4n) is 2.82. The van der Waals surface area contributed by atoms with Crippen LogP contribution < -0.4 is 15.4 Å². The molecule has 6 nitrogen and oxygen atoms in total. The van der Waals surface area contributed by atoms with Crippen LogP contribution in [0, 0.1) is 0 Å². The van der Waals surface area contributed by atoms with E-state index in [4.69, 9.17) is 16.3 Å². The van der Waals surface area contributed by atoms with Crippen LogP contribution in [0.25, 0.3) is 10.4 Å². The lowest BCUT2D eigenvalue weighted by Crippen LogP contribution is -2.40. The number of amides is 2. The number of thiophene rings is 1. The topological polar surface area (TPSA) is 84.5 Å². The van der Waals surface area contributed by atoms with E-state index in [1.165, 1.54) is 18.3 Å². The molecule has 0 bridgehead atoms. The van der Waals surface area contributed by atoms with E-state index in [-0.39, 0.29) is 30.2 Å². The zero-order valence-electron chi connectivity index (χ0n) is 14.9.